The lowest BCUT2D eigenvalue weighted by molar-refractivity contribution is -0.0562. The molecule has 4 atom stereocenters. The van der Waals surface area contributed by atoms with Crippen LogP contribution in [0, 0.1) is 0 Å². The van der Waals surface area contributed by atoms with Crippen LogP contribution in [-0.2, 0) is 24.9 Å². The zero-order chi connectivity index (χ0) is 36.5. The fourth-order valence-electron chi connectivity index (χ4n) is 5.87. The van der Waals surface area contributed by atoms with Crippen LogP contribution in [0.5, 0.6) is 0 Å². The molecule has 3 heterocycles. The highest BCUT2D eigenvalue weighted by molar-refractivity contribution is 6.74. The molecule has 50 heavy (non-hydrogen) atoms. The van der Waals surface area contributed by atoms with E-state index in [1.807, 2.05) is 16.7 Å². The number of aromatic nitrogens is 4. The summed E-state index contributed by atoms with van der Waals surface area (Å²) >= 11 is 0. The van der Waals surface area contributed by atoms with Crippen LogP contribution in [0.25, 0.3) is 11.2 Å². The van der Waals surface area contributed by atoms with Crippen LogP contribution in [0.1, 0.15) is 70.6 Å². The van der Waals surface area contributed by atoms with E-state index in [-0.39, 0.29) is 34.8 Å². The third-order valence-electron chi connectivity index (χ3n) is 10.9. The highest BCUT2D eigenvalue weighted by Crippen LogP contribution is 2.46. The van der Waals surface area contributed by atoms with Gasteiger partial charge in [0.25, 0.3) is 0 Å². The fraction of sp³-hybridized carbons (Fsp3) is 0.553. The summed E-state index contributed by atoms with van der Waals surface area (Å²) in [5.74, 6) is 0.905. The summed E-state index contributed by atoms with van der Waals surface area (Å²) in [5, 5.41) is 13.8. The van der Waals surface area contributed by atoms with Gasteiger partial charge in [0, 0.05) is 19.6 Å². The molecular weight excluding hydrogens is 663 g/mol. The average Bonchev–Trinajstić information content (AvgIpc) is 3.61. The lowest BCUT2D eigenvalue weighted by atomic mass is 9.91. The van der Waals surface area contributed by atoms with Crippen molar-refractivity contribution in [1.29, 1.82) is 0 Å². The molecule has 5 rings (SSSR count). The van der Waals surface area contributed by atoms with E-state index in [9.17, 15) is 5.11 Å². The third kappa shape index (κ3) is 8.06. The maximum Gasteiger partial charge on any atom is 0.192 e. The molecule has 2 aromatic carbocycles. The van der Waals surface area contributed by atoms with Gasteiger partial charge in [-0.25, -0.2) is 15.0 Å². The molecule has 1 aliphatic rings. The third-order valence-corrected chi connectivity index (χ3v) is 19.8. The molecule has 0 unspecified atom stereocenters. The molecule has 272 valence electrons. The van der Waals surface area contributed by atoms with Gasteiger partial charge < -0.3 is 28.7 Å². The molecule has 0 radical (unpaired) electrons. The topological polar surface area (TPSA) is 113 Å². The number of imidazole rings is 1. The summed E-state index contributed by atoms with van der Waals surface area (Å²) in [6.07, 6.45) is -0.0444. The lowest BCUT2D eigenvalue weighted by Gasteiger charge is -2.44. The Morgan fingerprint density at radius 1 is 0.840 bits per heavy atom. The number of aliphatic hydroxyl groups is 1. The number of fused-ring (bicyclic) bond motifs is 1. The number of ether oxygens (including phenoxy) is 2. The molecule has 1 aliphatic heterocycles. The number of hydrogen-bond donors (Lipinski definition) is 2. The Morgan fingerprint density at radius 3 is 1.88 bits per heavy atom. The van der Waals surface area contributed by atoms with Gasteiger partial charge in [-0.05, 0) is 47.4 Å². The van der Waals surface area contributed by atoms with Crippen LogP contribution in [-0.4, -0.2) is 79.8 Å². The maximum absolute atomic E-state index is 10.3. The van der Waals surface area contributed by atoms with Crippen molar-refractivity contribution in [3.8, 4) is 0 Å². The van der Waals surface area contributed by atoms with Crippen molar-refractivity contribution in [3.63, 3.8) is 0 Å². The highest BCUT2D eigenvalue weighted by Gasteiger charge is 2.54. The first-order chi connectivity index (χ1) is 23.5. The van der Waals surface area contributed by atoms with E-state index in [1.165, 1.54) is 11.1 Å². The summed E-state index contributed by atoms with van der Waals surface area (Å²) in [6.45, 7) is 23.1. The Morgan fingerprint density at radius 2 is 1.38 bits per heavy atom. The van der Waals surface area contributed by atoms with Gasteiger partial charge in [-0.2, -0.15) is 0 Å². The number of hydrogen-bond acceptors (Lipinski definition) is 9. The van der Waals surface area contributed by atoms with E-state index in [0.717, 1.165) is 0 Å². The van der Waals surface area contributed by atoms with Gasteiger partial charge in [-0.15, -0.1) is 0 Å². The molecule has 10 nitrogen and oxygen atoms in total. The first kappa shape index (κ1) is 38.3. The monoisotopic (exact) mass is 719 g/mol. The Balaban J connectivity index is 1.57. The van der Waals surface area contributed by atoms with Gasteiger partial charge in [0.1, 0.15) is 24.9 Å². The Kier molecular flexibility index (Phi) is 11.4. The van der Waals surface area contributed by atoms with Gasteiger partial charge in [0.15, 0.2) is 45.7 Å². The minimum absolute atomic E-state index is 0.0207. The molecule has 2 aromatic heterocycles. The second-order valence-corrected chi connectivity index (χ2v) is 25.9. The van der Waals surface area contributed by atoms with Crippen LogP contribution >= 0.6 is 0 Å². The van der Waals surface area contributed by atoms with Crippen molar-refractivity contribution in [2.75, 3.05) is 25.6 Å². The van der Waals surface area contributed by atoms with Gasteiger partial charge in [0.05, 0.1) is 12.9 Å². The van der Waals surface area contributed by atoms with E-state index in [4.69, 9.17) is 33.3 Å². The number of nitrogens with one attached hydrogen (secondary N) is 1. The number of aliphatic hydroxyl groups excluding tert-OH is 1. The van der Waals surface area contributed by atoms with Gasteiger partial charge in [-0.1, -0.05) is 102 Å². The molecule has 0 aliphatic carbocycles. The van der Waals surface area contributed by atoms with E-state index >= 15 is 0 Å². The SMILES string of the molecule is COC[C@H]1O[C@@H](n2cnc3c(NCC(c4ccccc4)c4ccccc4)nc(CO)nc32)[C@@H](O[Si](C)(C)C(C)(C)C)[C@@H]1O[Si](C)(C)C(C)(C)C. The largest absolute Gasteiger partial charge is 0.408 e. The van der Waals surface area contributed by atoms with E-state index < -0.39 is 29.0 Å². The number of nitrogens with zero attached hydrogens (tertiary/aromatic N) is 4. The Labute approximate surface area is 300 Å². The first-order valence-corrected chi connectivity index (χ1v) is 23.5. The highest BCUT2D eigenvalue weighted by atomic mass is 28.4. The van der Waals surface area contributed by atoms with Crippen LogP contribution < -0.4 is 5.32 Å². The second-order valence-electron chi connectivity index (χ2n) is 16.4. The molecule has 12 heteroatoms. The minimum atomic E-state index is -2.33. The number of benzene rings is 2. The normalized spacial score (nSPS) is 20.6. The molecule has 1 fully saturated rings. The predicted octanol–water partition coefficient (Wildman–Crippen LogP) is 7.89. The quantitative estimate of drug-likeness (QED) is 0.133. The summed E-state index contributed by atoms with van der Waals surface area (Å²) in [6, 6.07) is 20.8. The van der Waals surface area contributed by atoms with Crippen molar-refractivity contribution in [3.05, 3.63) is 83.9 Å². The summed E-state index contributed by atoms with van der Waals surface area (Å²) in [5.41, 5.74) is 3.52. The Hall–Kier alpha value is -2.98. The standard InChI is InChI=1S/C38H57N5O5Si2/c1-37(2,3)49(8,9)47-32-29(24-45-7)46-36(33(32)48-50(10,11)38(4,5)6)43-25-40-31-34(41-30(23-44)42-35(31)43)39-22-28(26-18-14-12-15-19-26)27-20-16-13-17-21-27/h12-21,25,28-29,32-33,36,44H,22-24H2,1-11H3,(H,39,41,42)/t29-,32-,33+,36-/m1/s1. The van der Waals surface area contributed by atoms with Crippen LogP contribution in [0.4, 0.5) is 5.82 Å². The van der Waals surface area contributed by atoms with Crippen LogP contribution in [0.15, 0.2) is 67.0 Å². The van der Waals surface area contributed by atoms with Crippen molar-refractivity contribution in [2.45, 2.75) is 115 Å². The van der Waals surface area contributed by atoms with E-state index in [2.05, 4.69) is 122 Å². The minimum Gasteiger partial charge on any atom is -0.408 e. The van der Waals surface area contributed by atoms with Crippen molar-refractivity contribution >= 4 is 33.6 Å². The molecule has 0 bridgehead atoms. The van der Waals surface area contributed by atoms with Crippen molar-refractivity contribution in [2.24, 2.45) is 0 Å². The van der Waals surface area contributed by atoms with Crippen molar-refractivity contribution < 1.29 is 23.4 Å². The van der Waals surface area contributed by atoms with E-state index in [0.29, 0.717) is 36.0 Å². The Bertz CT molecular complexity index is 1670. The number of anilines is 1. The summed E-state index contributed by atoms with van der Waals surface area (Å²) in [7, 11) is -2.91. The molecule has 0 amide bonds. The number of methoxy groups -OCH3 is 1. The number of rotatable bonds is 13. The average molecular weight is 720 g/mol. The maximum atomic E-state index is 10.3. The predicted molar refractivity (Wildman–Crippen MR) is 204 cm³/mol. The van der Waals surface area contributed by atoms with E-state index in [1.54, 1.807) is 13.4 Å². The van der Waals surface area contributed by atoms with Crippen LogP contribution in [0.3, 0.4) is 0 Å². The van der Waals surface area contributed by atoms with Crippen LogP contribution in [0.2, 0.25) is 36.3 Å². The van der Waals surface area contributed by atoms with Gasteiger partial charge >= 0.3 is 0 Å². The fourth-order valence-corrected chi connectivity index (χ4v) is 8.48. The molecule has 2 N–H and O–H groups in total. The lowest BCUT2D eigenvalue weighted by Crippen LogP contribution is -2.54. The second kappa shape index (κ2) is 14.9. The van der Waals surface area contributed by atoms with Crippen molar-refractivity contribution in [1.82, 2.24) is 19.5 Å². The molecule has 1 saturated heterocycles. The molecular formula is C38H57N5O5Si2. The zero-order valence-corrected chi connectivity index (χ0v) is 33.7. The summed E-state index contributed by atoms with van der Waals surface area (Å²) < 4.78 is 28.9. The summed E-state index contributed by atoms with van der Waals surface area (Å²) in [4.78, 5) is 14.4. The smallest absolute Gasteiger partial charge is 0.192 e. The molecule has 0 spiro atoms. The van der Waals surface area contributed by atoms with Gasteiger partial charge in [-0.3, -0.25) is 4.57 Å². The van der Waals surface area contributed by atoms with Gasteiger partial charge in [0.2, 0.25) is 0 Å². The first-order valence-electron chi connectivity index (χ1n) is 17.7. The molecule has 0 saturated carbocycles. The molecule has 4 aromatic rings. The zero-order valence-electron chi connectivity index (χ0n) is 31.7.